The van der Waals surface area contributed by atoms with Crippen molar-refractivity contribution in [1.29, 1.82) is 0 Å². The molecule has 0 radical (unpaired) electrons. The lowest BCUT2D eigenvalue weighted by Gasteiger charge is -2.37. The number of nitrogens with zero attached hydrogens (tertiary/aromatic N) is 1. The fraction of sp³-hybridized carbons (Fsp3) is 0.231. The summed E-state index contributed by atoms with van der Waals surface area (Å²) in [7, 11) is 0. The molecule has 1 saturated heterocycles. The molecule has 1 N–H and O–H groups in total. The molecule has 1 fully saturated rings. The van der Waals surface area contributed by atoms with Crippen molar-refractivity contribution in [1.82, 2.24) is 4.90 Å². The van der Waals surface area contributed by atoms with E-state index in [1.807, 2.05) is 12.1 Å². The quantitative estimate of drug-likeness (QED) is 0.636. The summed E-state index contributed by atoms with van der Waals surface area (Å²) >= 11 is 0. The molecule has 0 amide bonds. The van der Waals surface area contributed by atoms with Gasteiger partial charge in [-0.1, -0.05) is 97.1 Å². The summed E-state index contributed by atoms with van der Waals surface area (Å²) in [5.74, 6) is 0. The Morgan fingerprint density at radius 1 is 0.821 bits per heavy atom. The van der Waals surface area contributed by atoms with Crippen LogP contribution < -0.4 is 0 Å². The summed E-state index contributed by atoms with van der Waals surface area (Å²) in [5.41, 5.74) is 4.98. The largest absolute Gasteiger partial charge is 0.393 e. The average Bonchev–Trinajstić information content (AvgIpc) is 2.76. The first-order valence-corrected chi connectivity index (χ1v) is 10.1. The first kappa shape index (κ1) is 18.7. The van der Waals surface area contributed by atoms with E-state index in [9.17, 15) is 5.11 Å². The number of aliphatic hydroxyl groups excluding tert-OH is 1. The highest BCUT2D eigenvalue weighted by Crippen LogP contribution is 2.32. The van der Waals surface area contributed by atoms with Gasteiger partial charge in [-0.05, 0) is 35.1 Å². The van der Waals surface area contributed by atoms with Gasteiger partial charge in [0.05, 0.1) is 6.10 Å². The van der Waals surface area contributed by atoms with Crippen LogP contribution in [0.25, 0.3) is 17.2 Å². The highest BCUT2D eigenvalue weighted by Gasteiger charge is 2.27. The summed E-state index contributed by atoms with van der Waals surface area (Å²) in [6.45, 7) is 1.82. The summed E-state index contributed by atoms with van der Waals surface area (Å²) < 4.78 is 0. The summed E-state index contributed by atoms with van der Waals surface area (Å²) in [4.78, 5) is 2.48. The van der Waals surface area contributed by atoms with E-state index < -0.39 is 0 Å². The van der Waals surface area contributed by atoms with Gasteiger partial charge in [-0.15, -0.1) is 0 Å². The summed E-state index contributed by atoms with van der Waals surface area (Å²) in [5, 5.41) is 10.3. The number of benzene rings is 3. The van der Waals surface area contributed by atoms with Gasteiger partial charge < -0.3 is 5.11 Å². The van der Waals surface area contributed by atoms with E-state index in [2.05, 4.69) is 89.8 Å². The van der Waals surface area contributed by atoms with Crippen molar-refractivity contribution in [2.75, 3.05) is 13.1 Å². The highest BCUT2D eigenvalue weighted by molar-refractivity contribution is 5.63. The Morgan fingerprint density at radius 3 is 2.18 bits per heavy atom. The fourth-order valence-corrected chi connectivity index (χ4v) is 3.98. The topological polar surface area (TPSA) is 23.5 Å². The van der Waals surface area contributed by atoms with Crippen LogP contribution in [-0.2, 0) is 0 Å². The van der Waals surface area contributed by atoms with Crippen molar-refractivity contribution in [2.24, 2.45) is 0 Å². The summed E-state index contributed by atoms with van der Waals surface area (Å²) in [6, 6.07) is 30.0. The van der Waals surface area contributed by atoms with Crippen molar-refractivity contribution < 1.29 is 5.11 Å². The van der Waals surface area contributed by atoms with E-state index in [0.29, 0.717) is 0 Å². The van der Waals surface area contributed by atoms with Gasteiger partial charge in [0.1, 0.15) is 0 Å². The Hall–Kier alpha value is -2.68. The maximum Gasteiger partial charge on any atom is 0.0570 e. The van der Waals surface area contributed by atoms with Gasteiger partial charge >= 0.3 is 0 Å². The molecule has 1 aliphatic heterocycles. The van der Waals surface area contributed by atoms with Crippen molar-refractivity contribution in [3.05, 3.63) is 102 Å². The molecule has 0 bridgehead atoms. The third-order valence-corrected chi connectivity index (χ3v) is 5.54. The minimum Gasteiger partial charge on any atom is -0.393 e. The predicted molar refractivity (Wildman–Crippen MR) is 117 cm³/mol. The Morgan fingerprint density at radius 2 is 1.46 bits per heavy atom. The molecule has 0 spiro atoms. The van der Waals surface area contributed by atoms with E-state index in [1.165, 1.54) is 22.3 Å². The maximum absolute atomic E-state index is 10.3. The van der Waals surface area contributed by atoms with Gasteiger partial charge in [-0.3, -0.25) is 4.90 Å². The third kappa shape index (κ3) is 4.59. The molecule has 1 aliphatic rings. The first-order chi connectivity index (χ1) is 13.8. The molecule has 3 aromatic rings. The lowest BCUT2D eigenvalue weighted by atomic mass is 9.92. The molecule has 28 heavy (non-hydrogen) atoms. The number of rotatable bonds is 5. The van der Waals surface area contributed by atoms with Crippen LogP contribution in [0.5, 0.6) is 0 Å². The lowest BCUT2D eigenvalue weighted by Crippen LogP contribution is -2.38. The molecule has 2 unspecified atom stereocenters. The lowest BCUT2D eigenvalue weighted by molar-refractivity contribution is 0.0474. The molecule has 0 aromatic heterocycles. The van der Waals surface area contributed by atoms with Gasteiger partial charge in [-0.2, -0.15) is 0 Å². The molecule has 4 rings (SSSR count). The molecule has 2 nitrogen and oxygen atoms in total. The van der Waals surface area contributed by atoms with Crippen LogP contribution in [0, 0.1) is 0 Å². The Bertz CT molecular complexity index is 887. The minimum atomic E-state index is -0.215. The fourth-order valence-electron chi connectivity index (χ4n) is 3.98. The Kier molecular flexibility index (Phi) is 6.01. The van der Waals surface area contributed by atoms with Crippen LogP contribution in [0.15, 0.2) is 91.0 Å². The monoisotopic (exact) mass is 369 g/mol. The third-order valence-electron chi connectivity index (χ3n) is 5.54. The molecule has 2 atom stereocenters. The van der Waals surface area contributed by atoms with E-state index in [1.54, 1.807) is 0 Å². The smallest absolute Gasteiger partial charge is 0.0570 e. The van der Waals surface area contributed by atoms with Crippen LogP contribution in [-0.4, -0.2) is 29.2 Å². The molecule has 0 aliphatic carbocycles. The standard InChI is InChI=1S/C26H27NO/c28-25-17-19-27(18-7-10-21-8-3-1-4-9-21)26(20-25)24-15-13-23(14-16-24)22-11-5-2-6-12-22/h1-16,25-26,28H,17-20H2. The second-order valence-corrected chi connectivity index (χ2v) is 7.49. The normalized spacial score (nSPS) is 20.5. The van der Waals surface area contributed by atoms with Gasteiger partial charge in [-0.25, -0.2) is 0 Å². The van der Waals surface area contributed by atoms with E-state index >= 15 is 0 Å². The van der Waals surface area contributed by atoms with Crippen LogP contribution in [0.4, 0.5) is 0 Å². The van der Waals surface area contributed by atoms with Crippen molar-refractivity contribution >= 4 is 6.08 Å². The molecule has 2 heteroatoms. The van der Waals surface area contributed by atoms with Crippen LogP contribution >= 0.6 is 0 Å². The zero-order chi connectivity index (χ0) is 19.2. The van der Waals surface area contributed by atoms with Gasteiger partial charge in [0.15, 0.2) is 0 Å². The predicted octanol–water partition coefficient (Wildman–Crippen LogP) is 5.56. The van der Waals surface area contributed by atoms with Crippen molar-refractivity contribution in [3.8, 4) is 11.1 Å². The number of hydrogen-bond acceptors (Lipinski definition) is 2. The molecule has 0 saturated carbocycles. The van der Waals surface area contributed by atoms with E-state index in [0.717, 1.165) is 25.9 Å². The molecule has 1 heterocycles. The first-order valence-electron chi connectivity index (χ1n) is 10.1. The zero-order valence-electron chi connectivity index (χ0n) is 16.1. The van der Waals surface area contributed by atoms with Gasteiger partial charge in [0, 0.05) is 19.1 Å². The number of piperidine rings is 1. The zero-order valence-corrected chi connectivity index (χ0v) is 16.1. The van der Waals surface area contributed by atoms with Crippen molar-refractivity contribution in [2.45, 2.75) is 25.0 Å². The summed E-state index contributed by atoms with van der Waals surface area (Å²) in [6.07, 6.45) is 5.84. The second-order valence-electron chi connectivity index (χ2n) is 7.49. The van der Waals surface area contributed by atoms with Gasteiger partial charge in [0.25, 0.3) is 0 Å². The van der Waals surface area contributed by atoms with Crippen LogP contribution in [0.1, 0.15) is 30.0 Å². The van der Waals surface area contributed by atoms with E-state index in [4.69, 9.17) is 0 Å². The second kappa shape index (κ2) is 9.01. The number of hydrogen-bond donors (Lipinski definition) is 1. The molecule has 142 valence electrons. The van der Waals surface area contributed by atoms with Crippen LogP contribution in [0.2, 0.25) is 0 Å². The van der Waals surface area contributed by atoms with Gasteiger partial charge in [0.2, 0.25) is 0 Å². The number of likely N-dealkylation sites (tertiary alicyclic amines) is 1. The average molecular weight is 370 g/mol. The SMILES string of the molecule is OC1CCN(CC=Cc2ccccc2)C(c2ccc(-c3ccccc3)cc2)C1. The highest BCUT2D eigenvalue weighted by atomic mass is 16.3. The molecular formula is C26H27NO. The number of aliphatic hydroxyl groups is 1. The Balaban J connectivity index is 1.49. The molecular weight excluding hydrogens is 342 g/mol. The minimum absolute atomic E-state index is 0.215. The molecule has 3 aromatic carbocycles. The maximum atomic E-state index is 10.3. The van der Waals surface area contributed by atoms with Crippen molar-refractivity contribution in [3.63, 3.8) is 0 Å². The Labute approximate surface area is 167 Å². The van der Waals surface area contributed by atoms with Crippen LogP contribution in [0.3, 0.4) is 0 Å². The van der Waals surface area contributed by atoms with E-state index in [-0.39, 0.29) is 12.1 Å².